The summed E-state index contributed by atoms with van der Waals surface area (Å²) in [4.78, 5) is 20.0. The lowest BCUT2D eigenvalue weighted by molar-refractivity contribution is 0.311. The van der Waals surface area contributed by atoms with Crippen LogP contribution >= 0.6 is 11.6 Å². The van der Waals surface area contributed by atoms with E-state index in [0.29, 0.717) is 5.28 Å². The normalized spacial score (nSPS) is 21.3. The summed E-state index contributed by atoms with van der Waals surface area (Å²) in [6, 6.07) is 0. The van der Waals surface area contributed by atoms with Crippen molar-refractivity contribution in [3.63, 3.8) is 0 Å². The van der Waals surface area contributed by atoms with E-state index in [9.17, 15) is 0 Å². The van der Waals surface area contributed by atoms with Crippen molar-refractivity contribution >= 4 is 23.5 Å². The van der Waals surface area contributed by atoms with E-state index in [1.54, 1.807) is 0 Å². The van der Waals surface area contributed by atoms with Crippen molar-refractivity contribution in [2.24, 2.45) is 0 Å². The first kappa shape index (κ1) is 13.8. The first-order valence-electron chi connectivity index (χ1n) is 7.32. The highest BCUT2D eigenvalue weighted by Crippen LogP contribution is 2.20. The van der Waals surface area contributed by atoms with Crippen LogP contribution in [0.1, 0.15) is 19.3 Å². The first-order valence-corrected chi connectivity index (χ1v) is 7.70. The molecule has 0 radical (unpaired) electrons. The van der Waals surface area contributed by atoms with E-state index in [1.165, 1.54) is 19.3 Å². The molecule has 1 aromatic heterocycles. The van der Waals surface area contributed by atoms with Gasteiger partial charge in [-0.1, -0.05) is 0 Å². The summed E-state index contributed by atoms with van der Waals surface area (Å²) in [7, 11) is 2.14. The van der Waals surface area contributed by atoms with E-state index in [2.05, 4.69) is 36.7 Å². The van der Waals surface area contributed by atoms with Crippen LogP contribution < -0.4 is 9.80 Å². The molecule has 0 unspecified atom stereocenters. The molecule has 0 bridgehead atoms. The van der Waals surface area contributed by atoms with Crippen molar-refractivity contribution in [2.45, 2.75) is 19.3 Å². The monoisotopic (exact) mass is 296 g/mol. The highest BCUT2D eigenvalue weighted by molar-refractivity contribution is 6.28. The minimum atomic E-state index is 0.300. The standard InChI is InChI=1S/C13H21ClN6/c1-18-7-9-20(10-8-18)13-16-11(14)15-12(17-13)19-5-3-2-4-6-19/h2-10H2,1H3. The number of halogens is 1. The molecule has 110 valence electrons. The molecule has 0 amide bonds. The summed E-state index contributed by atoms with van der Waals surface area (Å²) < 4.78 is 0. The number of piperazine rings is 1. The van der Waals surface area contributed by atoms with Gasteiger partial charge in [-0.25, -0.2) is 0 Å². The van der Waals surface area contributed by atoms with Crippen LogP contribution in [0.4, 0.5) is 11.9 Å². The minimum Gasteiger partial charge on any atom is -0.341 e. The first-order chi connectivity index (χ1) is 9.72. The van der Waals surface area contributed by atoms with Crippen molar-refractivity contribution in [2.75, 3.05) is 56.1 Å². The van der Waals surface area contributed by atoms with Crippen molar-refractivity contribution in [1.82, 2.24) is 19.9 Å². The van der Waals surface area contributed by atoms with Crippen LogP contribution in [-0.2, 0) is 0 Å². The van der Waals surface area contributed by atoms with Gasteiger partial charge in [0.25, 0.3) is 0 Å². The molecule has 2 aliphatic rings. The van der Waals surface area contributed by atoms with Crippen molar-refractivity contribution < 1.29 is 0 Å². The number of hydrogen-bond donors (Lipinski definition) is 0. The molecule has 0 spiro atoms. The fourth-order valence-corrected chi connectivity index (χ4v) is 2.86. The second-order valence-corrected chi connectivity index (χ2v) is 5.88. The van der Waals surface area contributed by atoms with Crippen LogP contribution in [0.2, 0.25) is 5.28 Å². The van der Waals surface area contributed by atoms with Gasteiger partial charge in [0.1, 0.15) is 0 Å². The van der Waals surface area contributed by atoms with E-state index in [4.69, 9.17) is 11.6 Å². The summed E-state index contributed by atoms with van der Waals surface area (Å²) in [6.45, 7) is 5.97. The summed E-state index contributed by atoms with van der Waals surface area (Å²) in [6.07, 6.45) is 3.70. The maximum atomic E-state index is 6.09. The lowest BCUT2D eigenvalue weighted by atomic mass is 10.1. The molecular weight excluding hydrogens is 276 g/mol. The smallest absolute Gasteiger partial charge is 0.231 e. The van der Waals surface area contributed by atoms with Gasteiger partial charge in [0.15, 0.2) is 0 Å². The zero-order chi connectivity index (χ0) is 13.9. The number of piperidine rings is 1. The second kappa shape index (κ2) is 6.10. The fourth-order valence-electron chi connectivity index (χ4n) is 2.71. The average molecular weight is 297 g/mol. The lowest BCUT2D eigenvalue weighted by Crippen LogP contribution is -2.45. The molecule has 0 atom stereocenters. The van der Waals surface area contributed by atoms with Gasteiger partial charge in [0.05, 0.1) is 0 Å². The molecule has 20 heavy (non-hydrogen) atoms. The Balaban J connectivity index is 1.79. The molecular formula is C13H21ClN6. The molecule has 0 aromatic carbocycles. The lowest BCUT2D eigenvalue weighted by Gasteiger charge is -2.33. The predicted molar refractivity (Wildman–Crippen MR) is 80.6 cm³/mol. The quantitative estimate of drug-likeness (QED) is 0.819. The number of hydrogen-bond acceptors (Lipinski definition) is 6. The zero-order valence-corrected chi connectivity index (χ0v) is 12.7. The topological polar surface area (TPSA) is 48.4 Å². The second-order valence-electron chi connectivity index (χ2n) is 5.54. The Morgan fingerprint density at radius 3 is 1.90 bits per heavy atom. The van der Waals surface area contributed by atoms with Gasteiger partial charge in [-0.2, -0.15) is 15.0 Å². The third-order valence-corrected chi connectivity index (χ3v) is 4.18. The molecule has 6 nitrogen and oxygen atoms in total. The molecule has 0 saturated carbocycles. The van der Waals surface area contributed by atoms with Crippen LogP contribution in [-0.4, -0.2) is 66.2 Å². The maximum Gasteiger partial charge on any atom is 0.231 e. The third kappa shape index (κ3) is 3.12. The van der Waals surface area contributed by atoms with Crippen LogP contribution in [0, 0.1) is 0 Å². The Kier molecular flexibility index (Phi) is 4.21. The minimum absolute atomic E-state index is 0.300. The maximum absolute atomic E-state index is 6.09. The fraction of sp³-hybridized carbons (Fsp3) is 0.769. The van der Waals surface area contributed by atoms with Gasteiger partial charge < -0.3 is 14.7 Å². The largest absolute Gasteiger partial charge is 0.341 e. The van der Waals surface area contributed by atoms with Gasteiger partial charge in [0, 0.05) is 39.3 Å². The SMILES string of the molecule is CN1CCN(c2nc(Cl)nc(N3CCCCC3)n2)CC1. The van der Waals surface area contributed by atoms with Crippen LogP contribution in [0.5, 0.6) is 0 Å². The summed E-state index contributed by atoms with van der Waals surface area (Å²) >= 11 is 6.09. The van der Waals surface area contributed by atoms with Gasteiger partial charge in [-0.15, -0.1) is 0 Å². The summed E-state index contributed by atoms with van der Waals surface area (Å²) in [5, 5.41) is 0.300. The molecule has 2 saturated heterocycles. The molecule has 0 N–H and O–H groups in total. The molecule has 7 heteroatoms. The van der Waals surface area contributed by atoms with Gasteiger partial charge in [0.2, 0.25) is 17.2 Å². The van der Waals surface area contributed by atoms with Crippen LogP contribution in [0.3, 0.4) is 0 Å². The Labute approximate surface area is 124 Å². The highest BCUT2D eigenvalue weighted by atomic mass is 35.5. The number of nitrogens with zero attached hydrogens (tertiary/aromatic N) is 6. The van der Waals surface area contributed by atoms with E-state index in [-0.39, 0.29) is 0 Å². The molecule has 1 aromatic rings. The summed E-state index contributed by atoms with van der Waals surface area (Å²) in [5.41, 5.74) is 0. The molecule has 0 aliphatic carbocycles. The number of likely N-dealkylation sites (N-methyl/N-ethyl adjacent to an activating group) is 1. The number of rotatable bonds is 2. The average Bonchev–Trinajstić information content (AvgIpc) is 2.48. The van der Waals surface area contributed by atoms with Crippen molar-refractivity contribution in [3.8, 4) is 0 Å². The third-order valence-electron chi connectivity index (χ3n) is 4.01. The van der Waals surface area contributed by atoms with Gasteiger partial charge in [-0.05, 0) is 37.9 Å². The highest BCUT2D eigenvalue weighted by Gasteiger charge is 2.20. The summed E-state index contributed by atoms with van der Waals surface area (Å²) in [5.74, 6) is 1.46. The molecule has 3 heterocycles. The number of aromatic nitrogens is 3. The Bertz CT molecular complexity index is 454. The molecule has 2 aliphatic heterocycles. The van der Waals surface area contributed by atoms with Crippen molar-refractivity contribution in [3.05, 3.63) is 5.28 Å². The van der Waals surface area contributed by atoms with Gasteiger partial charge >= 0.3 is 0 Å². The van der Waals surface area contributed by atoms with E-state index in [1.807, 2.05) is 0 Å². The van der Waals surface area contributed by atoms with E-state index < -0.39 is 0 Å². The Morgan fingerprint density at radius 2 is 1.30 bits per heavy atom. The predicted octanol–water partition coefficient (Wildman–Crippen LogP) is 1.27. The number of anilines is 2. The zero-order valence-electron chi connectivity index (χ0n) is 11.9. The van der Waals surface area contributed by atoms with Crippen LogP contribution in [0.15, 0.2) is 0 Å². The molecule has 3 rings (SSSR count). The van der Waals surface area contributed by atoms with Crippen molar-refractivity contribution in [1.29, 1.82) is 0 Å². The molecule has 2 fully saturated rings. The van der Waals surface area contributed by atoms with E-state index >= 15 is 0 Å². The van der Waals surface area contributed by atoms with E-state index in [0.717, 1.165) is 51.2 Å². The van der Waals surface area contributed by atoms with Gasteiger partial charge in [-0.3, -0.25) is 0 Å². The Hall–Kier alpha value is -1.14. The Morgan fingerprint density at radius 1 is 0.750 bits per heavy atom. The van der Waals surface area contributed by atoms with Crippen LogP contribution in [0.25, 0.3) is 0 Å².